The third-order valence-corrected chi connectivity index (χ3v) is 4.16. The Morgan fingerprint density at radius 1 is 1.50 bits per heavy atom. The number of hydrogen-bond donors (Lipinski definition) is 1. The minimum atomic E-state index is 0.678. The van der Waals surface area contributed by atoms with Gasteiger partial charge in [-0.15, -0.1) is 35.7 Å². The highest BCUT2D eigenvalue weighted by atomic mass is 32.2. The van der Waals surface area contributed by atoms with Crippen LogP contribution in [0.2, 0.25) is 0 Å². The molecule has 0 amide bonds. The average molecular weight is 237 g/mol. The molecule has 0 aliphatic rings. The molecule has 0 bridgehead atoms. The molecule has 0 aliphatic carbocycles. The molecule has 2 rings (SSSR count). The molecule has 0 spiro atoms. The van der Waals surface area contributed by atoms with Crippen molar-refractivity contribution in [3.8, 4) is 6.07 Å². The number of fused-ring (bicyclic) bond motifs is 1. The molecule has 0 saturated carbocycles. The molecule has 2 aromatic rings. The van der Waals surface area contributed by atoms with Gasteiger partial charge in [0.1, 0.15) is 0 Å². The molecule has 14 heavy (non-hydrogen) atoms. The van der Waals surface area contributed by atoms with Crippen LogP contribution in [0.15, 0.2) is 27.3 Å². The monoisotopic (exact) mass is 237 g/mol. The number of nitriles is 1. The van der Waals surface area contributed by atoms with E-state index in [9.17, 15) is 0 Å². The Hall–Kier alpha value is -0.630. The Labute approximate surface area is 96.2 Å². The highest BCUT2D eigenvalue weighted by Gasteiger charge is 2.07. The zero-order valence-corrected chi connectivity index (χ0v) is 9.97. The normalized spacial score (nSPS) is 10.4. The third kappa shape index (κ3) is 1.52. The van der Waals surface area contributed by atoms with Gasteiger partial charge in [0.05, 0.1) is 11.6 Å². The van der Waals surface area contributed by atoms with Crippen LogP contribution >= 0.6 is 35.7 Å². The van der Waals surface area contributed by atoms with Crippen molar-refractivity contribution < 1.29 is 0 Å². The summed E-state index contributed by atoms with van der Waals surface area (Å²) in [5.41, 5.74) is 0.678. The van der Waals surface area contributed by atoms with Crippen LogP contribution in [0.3, 0.4) is 0 Å². The summed E-state index contributed by atoms with van der Waals surface area (Å²) in [4.78, 5) is 2.13. The summed E-state index contributed by atoms with van der Waals surface area (Å²) in [6, 6.07) is 5.87. The van der Waals surface area contributed by atoms with E-state index in [1.54, 1.807) is 23.1 Å². The lowest BCUT2D eigenvalue weighted by atomic mass is 10.2. The van der Waals surface area contributed by atoms with Gasteiger partial charge in [-0.1, -0.05) is 0 Å². The first-order valence-electron chi connectivity index (χ1n) is 3.94. The van der Waals surface area contributed by atoms with Crippen LogP contribution in [-0.4, -0.2) is 6.26 Å². The molecule has 0 atom stereocenters. The number of thioether (sulfide) groups is 1. The highest BCUT2D eigenvalue weighted by Crippen LogP contribution is 2.36. The van der Waals surface area contributed by atoms with Crippen molar-refractivity contribution in [1.29, 1.82) is 5.26 Å². The molecule has 0 N–H and O–H groups in total. The van der Waals surface area contributed by atoms with Crippen LogP contribution in [0.1, 0.15) is 5.56 Å². The summed E-state index contributed by atoms with van der Waals surface area (Å²) in [7, 11) is 0. The maximum atomic E-state index is 8.80. The summed E-state index contributed by atoms with van der Waals surface area (Å²) in [6.07, 6.45) is 2.05. The van der Waals surface area contributed by atoms with Crippen molar-refractivity contribution in [1.82, 2.24) is 0 Å². The van der Waals surface area contributed by atoms with Gasteiger partial charge in [-0.3, -0.25) is 0 Å². The topological polar surface area (TPSA) is 23.8 Å². The molecule has 1 aromatic carbocycles. The van der Waals surface area contributed by atoms with Gasteiger partial charge < -0.3 is 0 Å². The van der Waals surface area contributed by atoms with Crippen LogP contribution in [0.4, 0.5) is 0 Å². The second-order valence-electron chi connectivity index (χ2n) is 2.78. The van der Waals surface area contributed by atoms with Crippen LogP contribution < -0.4 is 0 Å². The second-order valence-corrected chi connectivity index (χ2v) is 5.03. The fourth-order valence-corrected chi connectivity index (χ4v) is 3.77. The molecule has 0 saturated heterocycles. The van der Waals surface area contributed by atoms with E-state index in [1.165, 1.54) is 10.3 Å². The van der Waals surface area contributed by atoms with E-state index < -0.39 is 0 Å². The molecular formula is C10H7NS3. The maximum absolute atomic E-state index is 8.80. The van der Waals surface area contributed by atoms with E-state index in [1.807, 2.05) is 18.4 Å². The predicted molar refractivity (Wildman–Crippen MR) is 65.6 cm³/mol. The van der Waals surface area contributed by atoms with Crippen molar-refractivity contribution in [3.05, 3.63) is 23.1 Å². The van der Waals surface area contributed by atoms with Gasteiger partial charge in [0.2, 0.25) is 0 Å². The maximum Gasteiger partial charge on any atom is 0.0992 e. The van der Waals surface area contributed by atoms with Crippen molar-refractivity contribution >= 4 is 45.8 Å². The van der Waals surface area contributed by atoms with Gasteiger partial charge in [-0.25, -0.2) is 0 Å². The first kappa shape index (κ1) is 9.91. The standard InChI is InChI=1S/C10H7NS3/c1-13-9-5-14-8-3-6(4-11)2-7(12)10(8)9/h2-3,5,12H,1H3. The molecule has 0 aliphatic heterocycles. The lowest BCUT2D eigenvalue weighted by molar-refractivity contribution is 1.45. The Balaban J connectivity index is 2.80. The fraction of sp³-hybridized carbons (Fsp3) is 0.100. The lowest BCUT2D eigenvalue weighted by Gasteiger charge is -1.99. The lowest BCUT2D eigenvalue weighted by Crippen LogP contribution is -1.76. The van der Waals surface area contributed by atoms with E-state index in [4.69, 9.17) is 5.26 Å². The van der Waals surface area contributed by atoms with Gasteiger partial charge in [0.25, 0.3) is 0 Å². The minimum Gasteiger partial charge on any atom is -0.192 e. The van der Waals surface area contributed by atoms with Gasteiger partial charge in [-0.05, 0) is 18.4 Å². The molecule has 70 valence electrons. The second kappa shape index (κ2) is 3.85. The van der Waals surface area contributed by atoms with Gasteiger partial charge in [0, 0.05) is 25.3 Å². The van der Waals surface area contributed by atoms with Crippen molar-refractivity contribution in [2.24, 2.45) is 0 Å². The molecule has 4 heteroatoms. The first-order valence-corrected chi connectivity index (χ1v) is 6.49. The molecule has 1 nitrogen and oxygen atoms in total. The van der Waals surface area contributed by atoms with E-state index in [2.05, 4.69) is 24.1 Å². The van der Waals surface area contributed by atoms with Gasteiger partial charge in [-0.2, -0.15) is 5.26 Å². The van der Waals surface area contributed by atoms with Crippen molar-refractivity contribution in [2.75, 3.05) is 6.26 Å². The van der Waals surface area contributed by atoms with E-state index >= 15 is 0 Å². The molecule has 1 aromatic heterocycles. The Morgan fingerprint density at radius 2 is 2.29 bits per heavy atom. The summed E-state index contributed by atoms with van der Waals surface area (Å²) < 4.78 is 1.14. The van der Waals surface area contributed by atoms with Gasteiger partial charge >= 0.3 is 0 Å². The summed E-state index contributed by atoms with van der Waals surface area (Å²) in [6.45, 7) is 0. The smallest absolute Gasteiger partial charge is 0.0992 e. The minimum absolute atomic E-state index is 0.678. The predicted octanol–water partition coefficient (Wildman–Crippen LogP) is 3.78. The highest BCUT2D eigenvalue weighted by molar-refractivity contribution is 7.99. The van der Waals surface area contributed by atoms with E-state index in [0.29, 0.717) is 5.56 Å². The molecule has 0 radical (unpaired) electrons. The number of thiol groups is 1. The van der Waals surface area contributed by atoms with Crippen LogP contribution in [0, 0.1) is 11.3 Å². The van der Waals surface area contributed by atoms with Crippen LogP contribution in [0.25, 0.3) is 10.1 Å². The Morgan fingerprint density at radius 3 is 2.93 bits per heavy atom. The van der Waals surface area contributed by atoms with E-state index in [-0.39, 0.29) is 0 Å². The first-order chi connectivity index (χ1) is 6.76. The molecular weight excluding hydrogens is 230 g/mol. The summed E-state index contributed by atoms with van der Waals surface area (Å²) >= 11 is 7.78. The van der Waals surface area contributed by atoms with E-state index in [0.717, 1.165) is 9.60 Å². The quantitative estimate of drug-likeness (QED) is 0.602. The summed E-state index contributed by atoms with van der Waals surface area (Å²) in [5, 5.41) is 12.1. The number of thiophene rings is 1. The van der Waals surface area contributed by atoms with Gasteiger partial charge in [0.15, 0.2) is 0 Å². The van der Waals surface area contributed by atoms with Crippen molar-refractivity contribution in [3.63, 3.8) is 0 Å². The average Bonchev–Trinajstić information content (AvgIpc) is 2.61. The van der Waals surface area contributed by atoms with Crippen molar-refractivity contribution in [2.45, 2.75) is 9.79 Å². The molecule has 0 unspecified atom stereocenters. The third-order valence-electron chi connectivity index (χ3n) is 1.97. The Bertz CT molecular complexity index is 522. The number of hydrogen-bond acceptors (Lipinski definition) is 4. The number of rotatable bonds is 1. The largest absolute Gasteiger partial charge is 0.192 e. The Kier molecular flexibility index (Phi) is 2.73. The SMILES string of the molecule is CSc1csc2cc(C#N)cc(S)c12. The van der Waals surface area contributed by atoms with Crippen LogP contribution in [0.5, 0.6) is 0 Å². The fourth-order valence-electron chi connectivity index (χ4n) is 1.33. The number of benzene rings is 1. The molecule has 0 fully saturated rings. The summed E-state index contributed by atoms with van der Waals surface area (Å²) in [5.74, 6) is 0. The molecule has 1 heterocycles. The zero-order valence-electron chi connectivity index (χ0n) is 7.44. The van der Waals surface area contributed by atoms with Crippen LogP contribution in [-0.2, 0) is 0 Å². The zero-order chi connectivity index (χ0) is 10.1. The number of nitrogens with zero attached hydrogens (tertiary/aromatic N) is 1.